The molecule has 0 radical (unpaired) electrons. The van der Waals surface area contributed by atoms with E-state index in [-0.39, 0.29) is 6.29 Å². The molecular weight excluding hydrogens is 248 g/mol. The van der Waals surface area contributed by atoms with E-state index in [2.05, 4.69) is 27.7 Å². The smallest absolute Gasteiger partial charge is 0.157 e. The van der Waals surface area contributed by atoms with Crippen molar-refractivity contribution in [1.29, 1.82) is 0 Å². The van der Waals surface area contributed by atoms with Crippen molar-refractivity contribution in [2.45, 2.75) is 97.9 Å². The van der Waals surface area contributed by atoms with Gasteiger partial charge in [-0.25, -0.2) is 0 Å². The molecule has 0 N–H and O–H groups in total. The van der Waals surface area contributed by atoms with Crippen molar-refractivity contribution in [3.63, 3.8) is 0 Å². The van der Waals surface area contributed by atoms with E-state index >= 15 is 0 Å². The number of ether oxygens (including phenoxy) is 2. The first-order chi connectivity index (χ1) is 9.63. The van der Waals surface area contributed by atoms with Gasteiger partial charge in [0.1, 0.15) is 0 Å². The van der Waals surface area contributed by atoms with Crippen LogP contribution in [0.3, 0.4) is 0 Å². The highest BCUT2D eigenvalue weighted by atomic mass is 16.7. The molecule has 2 heteroatoms. The molecule has 0 aromatic heterocycles. The minimum Gasteiger partial charge on any atom is -0.353 e. The quantitative estimate of drug-likeness (QED) is 0.490. The van der Waals surface area contributed by atoms with E-state index in [1.165, 1.54) is 51.4 Å². The van der Waals surface area contributed by atoms with Gasteiger partial charge in [0.15, 0.2) is 6.29 Å². The van der Waals surface area contributed by atoms with Gasteiger partial charge in [0.25, 0.3) is 0 Å². The van der Waals surface area contributed by atoms with Crippen LogP contribution in [0.2, 0.25) is 0 Å². The number of hydrogen-bond acceptors (Lipinski definition) is 2. The Morgan fingerprint density at radius 2 is 1.80 bits per heavy atom. The molecule has 1 unspecified atom stereocenters. The first kappa shape index (κ1) is 18.0. The van der Waals surface area contributed by atoms with E-state index in [9.17, 15) is 0 Å². The van der Waals surface area contributed by atoms with Gasteiger partial charge in [0.05, 0.1) is 6.10 Å². The van der Waals surface area contributed by atoms with Crippen molar-refractivity contribution in [3.05, 3.63) is 0 Å². The molecule has 0 saturated carbocycles. The fraction of sp³-hybridized carbons (Fsp3) is 1.00. The third-order valence-corrected chi connectivity index (χ3v) is 4.86. The lowest BCUT2D eigenvalue weighted by molar-refractivity contribution is -0.193. The van der Waals surface area contributed by atoms with Crippen LogP contribution in [0.1, 0.15) is 85.5 Å². The SMILES string of the molecule is CC[C@H](C)CCCCC[C@@H](C)[C@H](C)OC1CCCCO1. The third kappa shape index (κ3) is 7.64. The van der Waals surface area contributed by atoms with Crippen LogP contribution in [0.25, 0.3) is 0 Å². The summed E-state index contributed by atoms with van der Waals surface area (Å²) in [6, 6.07) is 0. The Morgan fingerprint density at radius 3 is 2.45 bits per heavy atom. The van der Waals surface area contributed by atoms with E-state index in [0.717, 1.165) is 18.9 Å². The lowest BCUT2D eigenvalue weighted by Gasteiger charge is -2.29. The Morgan fingerprint density at radius 1 is 1.05 bits per heavy atom. The zero-order valence-corrected chi connectivity index (χ0v) is 14.2. The molecule has 0 spiro atoms. The molecule has 1 aliphatic rings. The molecule has 0 aliphatic carbocycles. The Labute approximate surface area is 126 Å². The highest BCUT2D eigenvalue weighted by Gasteiger charge is 2.20. The highest BCUT2D eigenvalue weighted by Crippen LogP contribution is 2.22. The summed E-state index contributed by atoms with van der Waals surface area (Å²) >= 11 is 0. The van der Waals surface area contributed by atoms with Gasteiger partial charge in [-0.05, 0) is 44.4 Å². The van der Waals surface area contributed by atoms with Crippen molar-refractivity contribution in [2.24, 2.45) is 11.8 Å². The monoisotopic (exact) mass is 284 g/mol. The normalized spacial score (nSPS) is 24.3. The highest BCUT2D eigenvalue weighted by molar-refractivity contribution is 4.64. The van der Waals surface area contributed by atoms with Gasteiger partial charge in [0, 0.05) is 6.61 Å². The van der Waals surface area contributed by atoms with Crippen LogP contribution in [-0.4, -0.2) is 19.0 Å². The standard InChI is InChI=1S/C18H36O2/c1-5-15(2)11-7-6-8-12-16(3)17(4)20-18-13-9-10-14-19-18/h15-18H,5-14H2,1-4H3/t15-,16+,17-,18?/m0/s1. The molecule has 120 valence electrons. The number of hydrogen-bond donors (Lipinski definition) is 0. The summed E-state index contributed by atoms with van der Waals surface area (Å²) in [5.74, 6) is 1.54. The minimum absolute atomic E-state index is 0.0617. The summed E-state index contributed by atoms with van der Waals surface area (Å²) < 4.78 is 11.7. The molecule has 1 fully saturated rings. The average Bonchev–Trinajstić information content (AvgIpc) is 2.47. The van der Waals surface area contributed by atoms with E-state index in [0.29, 0.717) is 12.0 Å². The lowest BCUT2D eigenvalue weighted by Crippen LogP contribution is -2.29. The van der Waals surface area contributed by atoms with Gasteiger partial charge in [-0.2, -0.15) is 0 Å². The molecule has 1 saturated heterocycles. The Kier molecular flexibility index (Phi) is 9.54. The van der Waals surface area contributed by atoms with Crippen molar-refractivity contribution in [1.82, 2.24) is 0 Å². The van der Waals surface area contributed by atoms with E-state index < -0.39 is 0 Å². The largest absolute Gasteiger partial charge is 0.353 e. The summed E-state index contributed by atoms with van der Waals surface area (Å²) in [4.78, 5) is 0. The fourth-order valence-corrected chi connectivity index (χ4v) is 2.77. The summed E-state index contributed by atoms with van der Waals surface area (Å²) in [5.41, 5.74) is 0. The topological polar surface area (TPSA) is 18.5 Å². The van der Waals surface area contributed by atoms with Gasteiger partial charge in [-0.1, -0.05) is 52.9 Å². The molecule has 1 aliphatic heterocycles. The molecular formula is C18H36O2. The number of unbranched alkanes of at least 4 members (excludes halogenated alkanes) is 2. The van der Waals surface area contributed by atoms with Crippen LogP contribution in [-0.2, 0) is 9.47 Å². The third-order valence-electron chi connectivity index (χ3n) is 4.86. The van der Waals surface area contributed by atoms with Gasteiger partial charge < -0.3 is 9.47 Å². The van der Waals surface area contributed by atoms with Gasteiger partial charge in [-0.15, -0.1) is 0 Å². The van der Waals surface area contributed by atoms with Crippen molar-refractivity contribution < 1.29 is 9.47 Å². The summed E-state index contributed by atoms with van der Waals surface area (Å²) in [6.07, 6.45) is 12.0. The second-order valence-corrected chi connectivity index (χ2v) is 6.77. The fourth-order valence-electron chi connectivity index (χ4n) is 2.77. The van der Waals surface area contributed by atoms with Gasteiger partial charge in [0.2, 0.25) is 0 Å². The molecule has 0 bridgehead atoms. The second-order valence-electron chi connectivity index (χ2n) is 6.77. The van der Waals surface area contributed by atoms with Crippen LogP contribution < -0.4 is 0 Å². The predicted molar refractivity (Wildman–Crippen MR) is 85.8 cm³/mol. The Hall–Kier alpha value is -0.0800. The Bertz CT molecular complexity index is 223. The summed E-state index contributed by atoms with van der Waals surface area (Å²) in [7, 11) is 0. The molecule has 4 atom stereocenters. The minimum atomic E-state index is 0.0617. The first-order valence-corrected chi connectivity index (χ1v) is 8.90. The maximum atomic E-state index is 6.04. The van der Waals surface area contributed by atoms with E-state index in [1.54, 1.807) is 0 Å². The van der Waals surface area contributed by atoms with Crippen LogP contribution in [0.4, 0.5) is 0 Å². The maximum Gasteiger partial charge on any atom is 0.157 e. The summed E-state index contributed by atoms with van der Waals surface area (Å²) in [5, 5.41) is 0. The average molecular weight is 284 g/mol. The molecule has 2 nitrogen and oxygen atoms in total. The molecule has 0 aromatic carbocycles. The van der Waals surface area contributed by atoms with Crippen LogP contribution in [0, 0.1) is 11.8 Å². The summed E-state index contributed by atoms with van der Waals surface area (Å²) in [6.45, 7) is 10.1. The molecule has 0 aromatic rings. The zero-order valence-electron chi connectivity index (χ0n) is 14.2. The molecule has 20 heavy (non-hydrogen) atoms. The van der Waals surface area contributed by atoms with E-state index in [4.69, 9.17) is 9.47 Å². The van der Waals surface area contributed by atoms with Crippen molar-refractivity contribution in [2.75, 3.05) is 6.61 Å². The molecule has 0 amide bonds. The van der Waals surface area contributed by atoms with Crippen molar-refractivity contribution in [3.8, 4) is 0 Å². The Balaban J connectivity index is 2.04. The zero-order chi connectivity index (χ0) is 14.8. The first-order valence-electron chi connectivity index (χ1n) is 8.90. The van der Waals surface area contributed by atoms with Crippen LogP contribution >= 0.6 is 0 Å². The van der Waals surface area contributed by atoms with Crippen LogP contribution in [0.5, 0.6) is 0 Å². The second kappa shape index (κ2) is 10.6. The predicted octanol–water partition coefficient (Wildman–Crippen LogP) is 5.55. The lowest BCUT2D eigenvalue weighted by atomic mass is 9.96. The maximum absolute atomic E-state index is 6.04. The van der Waals surface area contributed by atoms with Crippen molar-refractivity contribution >= 4 is 0 Å². The molecule has 1 rings (SSSR count). The number of rotatable bonds is 10. The van der Waals surface area contributed by atoms with Gasteiger partial charge in [-0.3, -0.25) is 0 Å². The van der Waals surface area contributed by atoms with Crippen LogP contribution in [0.15, 0.2) is 0 Å². The molecule has 1 heterocycles. The van der Waals surface area contributed by atoms with E-state index in [1.807, 2.05) is 0 Å². The van der Waals surface area contributed by atoms with Gasteiger partial charge >= 0.3 is 0 Å².